The number of benzene rings is 1. The summed E-state index contributed by atoms with van der Waals surface area (Å²) in [5.74, 6) is 0. The van der Waals surface area contributed by atoms with E-state index in [9.17, 15) is 0 Å². The molecule has 0 fully saturated rings. The zero-order valence-corrected chi connectivity index (χ0v) is 11.7. The molecule has 1 N–H and O–H groups in total. The number of likely N-dealkylation sites (N-methyl/N-ethyl adjacent to an activating group) is 1. The van der Waals surface area contributed by atoms with Crippen LogP contribution in [0.25, 0.3) is 0 Å². The summed E-state index contributed by atoms with van der Waals surface area (Å²) in [4.78, 5) is 0. The first kappa shape index (κ1) is 13.3. The van der Waals surface area contributed by atoms with Crippen molar-refractivity contribution in [1.82, 2.24) is 20.3 Å². The molecule has 0 radical (unpaired) electrons. The number of nitrogens with one attached hydrogen (secondary N) is 1. The van der Waals surface area contributed by atoms with E-state index in [0.717, 1.165) is 11.3 Å². The summed E-state index contributed by atoms with van der Waals surface area (Å²) in [6.07, 6.45) is 2.43. The first-order chi connectivity index (χ1) is 8.63. The van der Waals surface area contributed by atoms with Crippen molar-refractivity contribution in [1.29, 1.82) is 0 Å². The lowest BCUT2D eigenvalue weighted by molar-refractivity contribution is 0.535. The van der Waals surface area contributed by atoms with Gasteiger partial charge < -0.3 is 5.32 Å². The maximum Gasteiger partial charge on any atom is 0.0756 e. The van der Waals surface area contributed by atoms with Crippen molar-refractivity contribution in [3.63, 3.8) is 0 Å². The fourth-order valence-corrected chi connectivity index (χ4v) is 2.45. The highest BCUT2D eigenvalue weighted by Gasteiger charge is 2.17. The first-order valence-electron chi connectivity index (χ1n) is 5.58. The quantitative estimate of drug-likeness (QED) is 0.939. The largest absolute Gasteiger partial charge is 0.311 e. The highest BCUT2D eigenvalue weighted by Crippen LogP contribution is 2.28. The lowest BCUT2D eigenvalue weighted by Gasteiger charge is -2.17. The van der Waals surface area contributed by atoms with Crippen molar-refractivity contribution in [2.24, 2.45) is 7.05 Å². The molecule has 0 saturated carbocycles. The van der Waals surface area contributed by atoms with E-state index in [1.807, 2.05) is 32.3 Å². The van der Waals surface area contributed by atoms with Gasteiger partial charge in [0, 0.05) is 17.1 Å². The number of halogens is 2. The number of nitrogens with zero attached hydrogens (tertiary/aromatic N) is 3. The predicted molar refractivity (Wildman–Crippen MR) is 73.0 cm³/mol. The highest BCUT2D eigenvalue weighted by atomic mass is 35.5. The Morgan fingerprint density at radius 2 is 2.00 bits per heavy atom. The lowest BCUT2D eigenvalue weighted by Crippen LogP contribution is -2.22. The molecule has 0 spiro atoms. The Bertz CT molecular complexity index is 518. The van der Waals surface area contributed by atoms with Crippen LogP contribution in [-0.2, 0) is 13.5 Å². The van der Waals surface area contributed by atoms with E-state index in [4.69, 9.17) is 23.2 Å². The topological polar surface area (TPSA) is 42.7 Å². The van der Waals surface area contributed by atoms with Crippen LogP contribution in [0.1, 0.15) is 17.3 Å². The Labute approximate surface area is 116 Å². The van der Waals surface area contributed by atoms with Gasteiger partial charge in [-0.25, -0.2) is 0 Å². The molecule has 18 heavy (non-hydrogen) atoms. The summed E-state index contributed by atoms with van der Waals surface area (Å²) in [5, 5.41) is 12.4. The molecule has 6 heteroatoms. The summed E-state index contributed by atoms with van der Waals surface area (Å²) < 4.78 is 1.74. The zero-order valence-electron chi connectivity index (χ0n) is 10.2. The van der Waals surface area contributed by atoms with Gasteiger partial charge in [0.15, 0.2) is 0 Å². The monoisotopic (exact) mass is 284 g/mol. The molecule has 0 aliphatic heterocycles. The Kier molecular flexibility index (Phi) is 4.22. The van der Waals surface area contributed by atoms with Crippen LogP contribution < -0.4 is 5.32 Å². The molecule has 0 saturated heterocycles. The summed E-state index contributed by atoms with van der Waals surface area (Å²) in [5.41, 5.74) is 1.93. The second-order valence-electron chi connectivity index (χ2n) is 4.03. The molecule has 2 rings (SSSR count). The van der Waals surface area contributed by atoms with Crippen LogP contribution in [0.2, 0.25) is 10.0 Å². The van der Waals surface area contributed by atoms with Crippen molar-refractivity contribution in [2.45, 2.75) is 12.5 Å². The van der Waals surface area contributed by atoms with Gasteiger partial charge in [-0.1, -0.05) is 34.5 Å². The third-order valence-electron chi connectivity index (χ3n) is 2.92. The van der Waals surface area contributed by atoms with Crippen molar-refractivity contribution in [3.05, 3.63) is 45.7 Å². The van der Waals surface area contributed by atoms with Crippen LogP contribution in [0.4, 0.5) is 0 Å². The van der Waals surface area contributed by atoms with Gasteiger partial charge in [-0.15, -0.1) is 5.10 Å². The van der Waals surface area contributed by atoms with Crippen LogP contribution in [0.5, 0.6) is 0 Å². The van der Waals surface area contributed by atoms with Crippen molar-refractivity contribution < 1.29 is 0 Å². The standard InChI is InChI=1S/C12H14Cl2N4/c1-15-11(12-7-16-17-18(12)2)6-8-9(13)4-3-5-10(8)14/h3-5,7,11,15H,6H2,1-2H3. The molecule has 96 valence electrons. The Balaban J connectivity index is 2.29. The van der Waals surface area contributed by atoms with E-state index in [1.54, 1.807) is 10.9 Å². The highest BCUT2D eigenvalue weighted by molar-refractivity contribution is 6.36. The van der Waals surface area contributed by atoms with Gasteiger partial charge in [0.2, 0.25) is 0 Å². The van der Waals surface area contributed by atoms with Gasteiger partial charge in [-0.3, -0.25) is 4.68 Å². The van der Waals surface area contributed by atoms with Gasteiger partial charge in [-0.05, 0) is 31.2 Å². The molecule has 1 aromatic heterocycles. The van der Waals surface area contributed by atoms with Crippen LogP contribution in [0, 0.1) is 0 Å². The third kappa shape index (κ3) is 2.66. The number of hydrogen-bond acceptors (Lipinski definition) is 3. The van der Waals surface area contributed by atoms with Gasteiger partial charge in [0.25, 0.3) is 0 Å². The van der Waals surface area contributed by atoms with Gasteiger partial charge >= 0.3 is 0 Å². The maximum atomic E-state index is 6.18. The second-order valence-corrected chi connectivity index (χ2v) is 4.84. The SMILES string of the molecule is CNC(Cc1c(Cl)cccc1Cl)c1cnnn1C. The zero-order chi connectivity index (χ0) is 13.1. The number of hydrogen-bond donors (Lipinski definition) is 1. The molecule has 1 aromatic carbocycles. The molecule has 4 nitrogen and oxygen atoms in total. The van der Waals surface area contributed by atoms with E-state index >= 15 is 0 Å². The summed E-state index contributed by atoms with van der Waals surface area (Å²) >= 11 is 12.4. The summed E-state index contributed by atoms with van der Waals surface area (Å²) in [6, 6.07) is 5.60. The van der Waals surface area contributed by atoms with Crippen LogP contribution in [-0.4, -0.2) is 22.0 Å². The van der Waals surface area contributed by atoms with E-state index in [2.05, 4.69) is 15.6 Å². The fourth-order valence-electron chi connectivity index (χ4n) is 1.90. The first-order valence-corrected chi connectivity index (χ1v) is 6.33. The molecule has 0 aliphatic rings. The average Bonchev–Trinajstić information content (AvgIpc) is 2.76. The molecule has 0 amide bonds. The van der Waals surface area contributed by atoms with Crippen LogP contribution >= 0.6 is 23.2 Å². The molecule has 0 aliphatic carbocycles. The third-order valence-corrected chi connectivity index (χ3v) is 3.63. The Morgan fingerprint density at radius 1 is 1.33 bits per heavy atom. The van der Waals surface area contributed by atoms with E-state index < -0.39 is 0 Å². The average molecular weight is 285 g/mol. The smallest absolute Gasteiger partial charge is 0.0756 e. The van der Waals surface area contributed by atoms with Crippen LogP contribution in [0.3, 0.4) is 0 Å². The number of aromatic nitrogens is 3. The molecule has 2 aromatic rings. The molecular weight excluding hydrogens is 271 g/mol. The van der Waals surface area contributed by atoms with E-state index in [0.29, 0.717) is 16.5 Å². The normalized spacial score (nSPS) is 12.7. The van der Waals surface area contributed by atoms with Crippen molar-refractivity contribution >= 4 is 23.2 Å². The Morgan fingerprint density at radius 3 is 2.50 bits per heavy atom. The van der Waals surface area contributed by atoms with Gasteiger partial charge in [-0.2, -0.15) is 0 Å². The summed E-state index contributed by atoms with van der Waals surface area (Å²) in [6.45, 7) is 0. The summed E-state index contributed by atoms with van der Waals surface area (Å²) in [7, 11) is 3.75. The van der Waals surface area contributed by atoms with Crippen LogP contribution in [0.15, 0.2) is 24.4 Å². The minimum absolute atomic E-state index is 0.0717. The molecule has 1 heterocycles. The van der Waals surface area contributed by atoms with Gasteiger partial charge in [0.05, 0.1) is 17.9 Å². The molecule has 1 unspecified atom stereocenters. The number of aryl methyl sites for hydroxylation is 1. The molecule has 0 bridgehead atoms. The lowest BCUT2D eigenvalue weighted by atomic mass is 10.0. The molecular formula is C12H14Cl2N4. The predicted octanol–water partition coefficient (Wildman–Crippen LogP) is 2.63. The fraction of sp³-hybridized carbons (Fsp3) is 0.333. The maximum absolute atomic E-state index is 6.18. The van der Waals surface area contributed by atoms with Gasteiger partial charge in [0.1, 0.15) is 0 Å². The second kappa shape index (κ2) is 5.69. The minimum Gasteiger partial charge on any atom is -0.311 e. The van der Waals surface area contributed by atoms with Crippen molar-refractivity contribution in [2.75, 3.05) is 7.05 Å². The van der Waals surface area contributed by atoms with Crippen molar-refractivity contribution in [3.8, 4) is 0 Å². The van der Waals surface area contributed by atoms with E-state index in [-0.39, 0.29) is 6.04 Å². The Hall–Kier alpha value is -1.10. The van der Waals surface area contributed by atoms with E-state index in [1.165, 1.54) is 0 Å². The number of rotatable bonds is 4. The molecule has 1 atom stereocenters. The minimum atomic E-state index is 0.0717.